The number of carbonyl (C=O) groups is 3. The average molecular weight is 566 g/mol. The van der Waals surface area contributed by atoms with E-state index in [0.29, 0.717) is 75.1 Å². The highest BCUT2D eigenvalue weighted by Gasteiger charge is 2.44. The van der Waals surface area contributed by atoms with Gasteiger partial charge in [-0.2, -0.15) is 10.2 Å². The lowest BCUT2D eigenvalue weighted by Crippen LogP contribution is -2.50. The van der Waals surface area contributed by atoms with Gasteiger partial charge in [0.05, 0.1) is 35.7 Å². The van der Waals surface area contributed by atoms with E-state index in [4.69, 9.17) is 4.74 Å². The molecule has 4 amide bonds. The number of azo groups is 1. The summed E-state index contributed by atoms with van der Waals surface area (Å²) in [5.74, 6) is -0.0856. The van der Waals surface area contributed by atoms with Crippen LogP contribution in [-0.2, 0) is 4.74 Å². The summed E-state index contributed by atoms with van der Waals surface area (Å²) in [6.07, 6.45) is 4.88. The fourth-order valence-corrected chi connectivity index (χ4v) is 6.55. The summed E-state index contributed by atoms with van der Waals surface area (Å²) in [7, 11) is 2.16. The Bertz CT molecular complexity index is 1240. The number of allylic oxidation sites excluding steroid dienone is 1. The molecule has 41 heavy (non-hydrogen) atoms. The number of nitrogens with zero attached hydrogens (tertiary/aromatic N) is 5. The van der Waals surface area contributed by atoms with E-state index in [1.165, 1.54) is 12.8 Å². The molecule has 0 aromatic heterocycles. The van der Waals surface area contributed by atoms with Crippen molar-refractivity contribution in [2.75, 3.05) is 64.8 Å². The number of hydrazine groups is 2. The molecule has 4 N–H and O–H groups in total. The smallest absolute Gasteiger partial charge is 0.333 e. The Morgan fingerprint density at radius 2 is 1.88 bits per heavy atom. The van der Waals surface area contributed by atoms with Crippen LogP contribution in [0.3, 0.4) is 0 Å². The molecule has 13 heteroatoms. The molecule has 0 bridgehead atoms. The summed E-state index contributed by atoms with van der Waals surface area (Å²) < 4.78 is 5.32. The number of morpholine rings is 1. The largest absolute Gasteiger partial charge is 0.379 e. The van der Waals surface area contributed by atoms with Gasteiger partial charge in [-0.3, -0.25) is 15.6 Å². The number of ketones is 1. The van der Waals surface area contributed by atoms with E-state index in [-0.39, 0.29) is 17.7 Å². The molecule has 0 spiro atoms. The molecule has 220 valence electrons. The van der Waals surface area contributed by atoms with E-state index in [1.54, 1.807) is 16.0 Å². The monoisotopic (exact) mass is 565 g/mol. The predicted molar refractivity (Wildman–Crippen MR) is 151 cm³/mol. The minimum atomic E-state index is -0.444. The lowest BCUT2D eigenvalue weighted by atomic mass is 9.89. The number of piperidine rings is 1. The maximum absolute atomic E-state index is 13.7. The van der Waals surface area contributed by atoms with Crippen molar-refractivity contribution in [2.45, 2.75) is 44.2 Å². The normalized spacial score (nSPS) is 25.0. The highest BCUT2D eigenvalue weighted by Crippen LogP contribution is 2.49. The van der Waals surface area contributed by atoms with Crippen molar-refractivity contribution in [1.29, 1.82) is 0 Å². The molecule has 4 aliphatic heterocycles. The fourth-order valence-electron chi connectivity index (χ4n) is 6.55. The van der Waals surface area contributed by atoms with Gasteiger partial charge in [0.25, 0.3) is 0 Å². The van der Waals surface area contributed by atoms with Crippen LogP contribution in [0.4, 0.5) is 15.3 Å². The first-order valence-corrected chi connectivity index (χ1v) is 14.7. The minimum absolute atomic E-state index is 0.0490. The molecule has 1 aromatic rings. The van der Waals surface area contributed by atoms with Crippen LogP contribution < -0.4 is 21.6 Å². The Kier molecular flexibility index (Phi) is 8.28. The van der Waals surface area contributed by atoms with Gasteiger partial charge in [0, 0.05) is 44.7 Å². The van der Waals surface area contributed by atoms with Gasteiger partial charge < -0.3 is 19.9 Å². The Hall–Kier alpha value is -3.39. The number of carbonyl (C=O) groups excluding carboxylic acids is 3. The average Bonchev–Trinajstić information content (AvgIpc) is 3.68. The number of hydrogen-bond donors (Lipinski definition) is 4. The number of amides is 4. The molecule has 2 unspecified atom stereocenters. The molecule has 1 aromatic carbocycles. The summed E-state index contributed by atoms with van der Waals surface area (Å²) in [4.78, 5) is 43.3. The number of nitrogens with one attached hydrogen (secondary N) is 4. The van der Waals surface area contributed by atoms with Gasteiger partial charge in [-0.25, -0.2) is 20.0 Å². The van der Waals surface area contributed by atoms with Crippen LogP contribution in [0, 0.1) is 5.92 Å². The third-order valence-electron chi connectivity index (χ3n) is 8.85. The van der Waals surface area contributed by atoms with Crippen molar-refractivity contribution < 1.29 is 19.1 Å². The molecule has 3 saturated heterocycles. The number of rotatable bonds is 7. The Labute approximate surface area is 239 Å². The summed E-state index contributed by atoms with van der Waals surface area (Å²) in [5.41, 5.74) is 11.8. The number of anilines is 1. The SMILES string of the molecule is CN1CCCC1CCNNC(=O)N1CCC(C2=C3C(=O)c4c(NC(=O)NN5CCOCC5)cccc4C3N=N2)CC1. The molecule has 13 nitrogen and oxygen atoms in total. The van der Waals surface area contributed by atoms with Crippen LogP contribution in [0.15, 0.2) is 39.7 Å². The van der Waals surface area contributed by atoms with Crippen molar-refractivity contribution in [2.24, 2.45) is 16.1 Å². The predicted octanol–water partition coefficient (Wildman–Crippen LogP) is 2.42. The molecule has 0 saturated carbocycles. The molecule has 5 aliphatic rings. The van der Waals surface area contributed by atoms with E-state index >= 15 is 0 Å². The number of likely N-dealkylation sites (tertiary alicyclic amines) is 2. The minimum Gasteiger partial charge on any atom is -0.379 e. The summed E-state index contributed by atoms with van der Waals surface area (Å²) in [5, 5.41) is 13.6. The van der Waals surface area contributed by atoms with E-state index in [9.17, 15) is 14.4 Å². The Balaban J connectivity index is 1.04. The van der Waals surface area contributed by atoms with Crippen LogP contribution in [0.25, 0.3) is 0 Å². The second kappa shape index (κ2) is 12.2. The van der Waals surface area contributed by atoms with Gasteiger partial charge in [0.15, 0.2) is 5.78 Å². The molecular formula is C28H39N9O4. The molecule has 1 aliphatic carbocycles. The number of urea groups is 2. The second-order valence-corrected chi connectivity index (χ2v) is 11.4. The third kappa shape index (κ3) is 5.85. The third-order valence-corrected chi connectivity index (χ3v) is 8.85. The topological polar surface area (TPSA) is 143 Å². The van der Waals surface area contributed by atoms with Gasteiger partial charge in [-0.15, -0.1) is 0 Å². The maximum atomic E-state index is 13.7. The number of Topliss-reactive ketones (excluding diaryl/α,β-unsaturated/α-hetero) is 1. The number of ether oxygens (including phenoxy) is 1. The number of hydrogen-bond acceptors (Lipinski definition) is 9. The van der Waals surface area contributed by atoms with Gasteiger partial charge in [-0.05, 0) is 57.3 Å². The van der Waals surface area contributed by atoms with Gasteiger partial charge >= 0.3 is 12.1 Å². The Morgan fingerprint density at radius 3 is 2.63 bits per heavy atom. The summed E-state index contributed by atoms with van der Waals surface area (Å²) in [6, 6.07) is 5.06. The van der Waals surface area contributed by atoms with Crippen LogP contribution in [0.5, 0.6) is 0 Å². The first kappa shape index (κ1) is 27.8. The van der Waals surface area contributed by atoms with Gasteiger partial charge in [0.2, 0.25) is 0 Å². The van der Waals surface area contributed by atoms with E-state index < -0.39 is 12.1 Å². The summed E-state index contributed by atoms with van der Waals surface area (Å²) in [6.45, 7) is 5.37. The number of fused-ring (bicyclic) bond motifs is 3. The van der Waals surface area contributed by atoms with Crippen LogP contribution in [0.1, 0.15) is 54.1 Å². The van der Waals surface area contributed by atoms with Gasteiger partial charge in [0.1, 0.15) is 6.04 Å². The van der Waals surface area contributed by atoms with Crippen molar-refractivity contribution in [3.63, 3.8) is 0 Å². The van der Waals surface area contributed by atoms with Crippen molar-refractivity contribution in [1.82, 2.24) is 31.1 Å². The molecule has 4 heterocycles. The molecule has 3 fully saturated rings. The van der Waals surface area contributed by atoms with Crippen molar-refractivity contribution in [3.05, 3.63) is 40.6 Å². The molecule has 6 rings (SSSR count). The van der Waals surface area contributed by atoms with Crippen molar-refractivity contribution >= 4 is 23.5 Å². The van der Waals surface area contributed by atoms with Gasteiger partial charge in [-0.1, -0.05) is 12.1 Å². The molecule has 2 atom stereocenters. The quantitative estimate of drug-likeness (QED) is 0.294. The summed E-state index contributed by atoms with van der Waals surface area (Å²) >= 11 is 0. The zero-order chi connectivity index (χ0) is 28.3. The maximum Gasteiger partial charge on any atom is 0.333 e. The lowest BCUT2D eigenvalue weighted by Gasteiger charge is -2.32. The molecule has 0 radical (unpaired) electrons. The van der Waals surface area contributed by atoms with Crippen LogP contribution in [-0.4, -0.2) is 98.2 Å². The zero-order valence-electron chi connectivity index (χ0n) is 23.5. The van der Waals surface area contributed by atoms with Crippen LogP contribution in [0.2, 0.25) is 0 Å². The molecular weight excluding hydrogens is 526 g/mol. The van der Waals surface area contributed by atoms with Crippen LogP contribution >= 0.6 is 0 Å². The Morgan fingerprint density at radius 1 is 1.07 bits per heavy atom. The lowest BCUT2D eigenvalue weighted by molar-refractivity contribution is 0.0207. The second-order valence-electron chi connectivity index (χ2n) is 11.4. The first-order chi connectivity index (χ1) is 20.0. The number of benzene rings is 1. The first-order valence-electron chi connectivity index (χ1n) is 14.7. The van der Waals surface area contributed by atoms with E-state index in [1.807, 2.05) is 12.1 Å². The standard InChI is InChI=1S/C28H39N9O4/c1-35-11-3-4-19(35)7-10-29-33-28(40)36-12-8-18(9-13-36)24-23-25(32-31-24)20-5-2-6-21(22(20)26(23)38)30-27(39)34-37-14-16-41-17-15-37/h2,5-6,18-19,25,29H,3-4,7-17H2,1H3,(H,33,40)(H2,30,34,39). The highest BCUT2D eigenvalue weighted by atomic mass is 16.5. The van der Waals surface area contributed by atoms with E-state index in [2.05, 4.69) is 43.8 Å². The van der Waals surface area contributed by atoms with E-state index in [0.717, 1.165) is 30.8 Å². The fraction of sp³-hybridized carbons (Fsp3) is 0.607. The zero-order valence-corrected chi connectivity index (χ0v) is 23.5. The highest BCUT2D eigenvalue weighted by molar-refractivity contribution is 6.19. The van der Waals surface area contributed by atoms with Crippen molar-refractivity contribution in [3.8, 4) is 0 Å².